The maximum atomic E-state index is 12.1. The average molecular weight is 342 g/mol. The lowest BCUT2D eigenvalue weighted by Crippen LogP contribution is -2.26. The molecule has 0 aliphatic carbocycles. The number of hydrogen-bond acceptors (Lipinski definition) is 4. The second-order valence-corrected chi connectivity index (χ2v) is 5.39. The molecule has 1 aromatic rings. The van der Waals surface area contributed by atoms with Crippen LogP contribution in [0.25, 0.3) is 0 Å². The van der Waals surface area contributed by atoms with Gasteiger partial charge in [-0.25, -0.2) is 0 Å². The quantitative estimate of drug-likeness (QED) is 0.789. The van der Waals surface area contributed by atoms with Crippen molar-refractivity contribution in [2.45, 2.75) is 13.3 Å². The fraction of sp³-hybridized carbons (Fsp3) is 0.429. The molecule has 1 fully saturated rings. The molecule has 1 aliphatic heterocycles. The van der Waals surface area contributed by atoms with E-state index in [1.54, 1.807) is 31.1 Å². The second kappa shape index (κ2) is 6.26. The van der Waals surface area contributed by atoms with Crippen molar-refractivity contribution in [3.05, 3.63) is 22.7 Å². The summed E-state index contributed by atoms with van der Waals surface area (Å²) < 4.78 is 11.1. The highest BCUT2D eigenvalue weighted by atomic mass is 79.9. The third-order valence-electron chi connectivity index (χ3n) is 3.18. The van der Waals surface area contributed by atoms with Gasteiger partial charge in [0.05, 0.1) is 25.3 Å². The Bertz CT molecular complexity index is 532. The van der Waals surface area contributed by atoms with Gasteiger partial charge in [-0.05, 0) is 25.1 Å². The zero-order valence-corrected chi connectivity index (χ0v) is 13.0. The Morgan fingerprint density at radius 1 is 1.50 bits per heavy atom. The second-order valence-electron chi connectivity index (χ2n) is 4.47. The van der Waals surface area contributed by atoms with Crippen molar-refractivity contribution in [2.75, 3.05) is 25.2 Å². The van der Waals surface area contributed by atoms with E-state index < -0.39 is 5.92 Å². The minimum Gasteiger partial charge on any atom is -0.495 e. The molecule has 1 saturated heterocycles. The summed E-state index contributed by atoms with van der Waals surface area (Å²) in [4.78, 5) is 25.4. The molecule has 6 heteroatoms. The summed E-state index contributed by atoms with van der Waals surface area (Å²) in [6.07, 6.45) is 0.179. The minimum atomic E-state index is -0.407. The number of methoxy groups -OCH3 is 1. The predicted molar refractivity (Wildman–Crippen MR) is 77.8 cm³/mol. The first kappa shape index (κ1) is 14.8. The van der Waals surface area contributed by atoms with Crippen LogP contribution < -0.4 is 9.64 Å². The number of nitrogens with zero attached hydrogens (tertiary/aromatic N) is 1. The molecule has 0 aromatic heterocycles. The first-order chi connectivity index (χ1) is 9.56. The molecule has 2 rings (SSSR count). The first-order valence-electron chi connectivity index (χ1n) is 6.37. The smallest absolute Gasteiger partial charge is 0.311 e. The highest BCUT2D eigenvalue weighted by Crippen LogP contribution is 2.35. The van der Waals surface area contributed by atoms with E-state index in [4.69, 9.17) is 9.47 Å². The van der Waals surface area contributed by atoms with Gasteiger partial charge in [0.25, 0.3) is 0 Å². The van der Waals surface area contributed by atoms with Crippen molar-refractivity contribution in [2.24, 2.45) is 5.92 Å². The fourth-order valence-electron chi connectivity index (χ4n) is 2.23. The van der Waals surface area contributed by atoms with Gasteiger partial charge in [0.2, 0.25) is 5.91 Å². The van der Waals surface area contributed by atoms with Crippen LogP contribution in [0.4, 0.5) is 5.69 Å². The zero-order chi connectivity index (χ0) is 14.7. The number of benzene rings is 1. The highest BCUT2D eigenvalue weighted by Gasteiger charge is 2.37. The molecule has 1 atom stereocenters. The van der Waals surface area contributed by atoms with Gasteiger partial charge in [-0.3, -0.25) is 9.59 Å². The maximum absolute atomic E-state index is 12.1. The van der Waals surface area contributed by atoms with Gasteiger partial charge in [0.1, 0.15) is 5.75 Å². The van der Waals surface area contributed by atoms with Crippen LogP contribution in [0.5, 0.6) is 5.75 Å². The largest absolute Gasteiger partial charge is 0.495 e. The Morgan fingerprint density at radius 3 is 2.90 bits per heavy atom. The number of amides is 1. The van der Waals surface area contributed by atoms with Crippen molar-refractivity contribution in [3.8, 4) is 5.75 Å². The van der Waals surface area contributed by atoms with Gasteiger partial charge in [-0.2, -0.15) is 0 Å². The van der Waals surface area contributed by atoms with Crippen molar-refractivity contribution in [1.82, 2.24) is 0 Å². The van der Waals surface area contributed by atoms with Gasteiger partial charge in [0.15, 0.2) is 0 Å². The molecule has 0 spiro atoms. The molecule has 1 aromatic carbocycles. The van der Waals surface area contributed by atoms with E-state index >= 15 is 0 Å². The Morgan fingerprint density at radius 2 is 2.25 bits per heavy atom. The Balaban J connectivity index is 2.22. The summed E-state index contributed by atoms with van der Waals surface area (Å²) in [5, 5.41) is 0. The summed E-state index contributed by atoms with van der Waals surface area (Å²) in [5.41, 5.74) is 0.674. The standard InChI is InChI=1S/C14H16BrNO4/c1-3-20-14(18)9-6-13(17)16(8-9)11-5-4-10(15)7-12(11)19-2/h4-5,7,9H,3,6,8H2,1-2H3. The average Bonchev–Trinajstić information content (AvgIpc) is 2.81. The normalized spacial score (nSPS) is 18.2. The first-order valence-corrected chi connectivity index (χ1v) is 7.16. The molecule has 1 unspecified atom stereocenters. The van der Waals surface area contributed by atoms with Crippen LogP contribution in [0.15, 0.2) is 22.7 Å². The third kappa shape index (κ3) is 2.95. The van der Waals surface area contributed by atoms with E-state index in [1.807, 2.05) is 6.07 Å². The molecular formula is C14H16BrNO4. The van der Waals surface area contributed by atoms with Crippen LogP contribution in [0.1, 0.15) is 13.3 Å². The lowest BCUT2D eigenvalue weighted by molar-refractivity contribution is -0.147. The number of rotatable bonds is 4. The molecule has 5 nitrogen and oxygen atoms in total. The number of ether oxygens (including phenoxy) is 2. The van der Waals surface area contributed by atoms with Crippen LogP contribution in [0.3, 0.4) is 0 Å². The van der Waals surface area contributed by atoms with Gasteiger partial charge >= 0.3 is 5.97 Å². The molecule has 1 aliphatic rings. The summed E-state index contributed by atoms with van der Waals surface area (Å²) in [7, 11) is 1.55. The van der Waals surface area contributed by atoms with Crippen LogP contribution >= 0.6 is 15.9 Å². The molecular weight excluding hydrogens is 326 g/mol. The van der Waals surface area contributed by atoms with Crippen molar-refractivity contribution >= 4 is 33.5 Å². The van der Waals surface area contributed by atoms with Crippen molar-refractivity contribution in [1.29, 1.82) is 0 Å². The van der Waals surface area contributed by atoms with Crippen LogP contribution in [0.2, 0.25) is 0 Å². The topological polar surface area (TPSA) is 55.8 Å². The van der Waals surface area contributed by atoms with Gasteiger partial charge in [0, 0.05) is 17.4 Å². The number of esters is 1. The molecule has 0 radical (unpaired) electrons. The van der Waals surface area contributed by atoms with Crippen molar-refractivity contribution < 1.29 is 19.1 Å². The third-order valence-corrected chi connectivity index (χ3v) is 3.67. The molecule has 0 saturated carbocycles. The molecule has 108 valence electrons. The van der Waals surface area contributed by atoms with Crippen molar-refractivity contribution in [3.63, 3.8) is 0 Å². The lowest BCUT2D eigenvalue weighted by Gasteiger charge is -2.19. The molecule has 0 bridgehead atoms. The Hall–Kier alpha value is -1.56. The van der Waals surface area contributed by atoms with E-state index in [9.17, 15) is 9.59 Å². The van der Waals surface area contributed by atoms with Crippen LogP contribution in [0, 0.1) is 5.92 Å². The zero-order valence-electron chi connectivity index (χ0n) is 11.4. The Kier molecular flexibility index (Phi) is 4.65. The van der Waals surface area contributed by atoms with Gasteiger partial charge < -0.3 is 14.4 Å². The Labute approximate surface area is 126 Å². The summed E-state index contributed by atoms with van der Waals surface area (Å²) in [5.74, 6) is -0.226. The van der Waals surface area contributed by atoms with E-state index in [0.29, 0.717) is 24.6 Å². The highest BCUT2D eigenvalue weighted by molar-refractivity contribution is 9.10. The van der Waals surface area contributed by atoms with E-state index in [1.165, 1.54) is 0 Å². The summed E-state index contributed by atoms with van der Waals surface area (Å²) in [6, 6.07) is 5.43. The number of hydrogen-bond donors (Lipinski definition) is 0. The number of carbonyl (C=O) groups excluding carboxylic acids is 2. The van der Waals surface area contributed by atoms with Gasteiger partial charge in [-0.1, -0.05) is 15.9 Å². The predicted octanol–water partition coefficient (Wildman–Crippen LogP) is 2.37. The molecule has 20 heavy (non-hydrogen) atoms. The van der Waals surface area contributed by atoms with Crippen LogP contribution in [-0.2, 0) is 14.3 Å². The minimum absolute atomic E-state index is 0.0938. The summed E-state index contributed by atoms with van der Waals surface area (Å²) in [6.45, 7) is 2.41. The SMILES string of the molecule is CCOC(=O)C1CC(=O)N(c2ccc(Br)cc2OC)C1. The lowest BCUT2D eigenvalue weighted by atomic mass is 10.1. The summed E-state index contributed by atoms with van der Waals surface area (Å²) >= 11 is 3.36. The number of carbonyl (C=O) groups is 2. The molecule has 0 N–H and O–H groups in total. The molecule has 1 heterocycles. The van der Waals surface area contributed by atoms with E-state index in [2.05, 4.69) is 15.9 Å². The number of anilines is 1. The van der Waals surface area contributed by atoms with E-state index in [0.717, 1.165) is 4.47 Å². The number of halogens is 1. The fourth-order valence-corrected chi connectivity index (χ4v) is 2.57. The van der Waals surface area contributed by atoms with Crippen LogP contribution in [-0.4, -0.2) is 32.1 Å². The van der Waals surface area contributed by atoms with Gasteiger partial charge in [-0.15, -0.1) is 0 Å². The monoisotopic (exact) mass is 341 g/mol. The van der Waals surface area contributed by atoms with E-state index in [-0.39, 0.29) is 18.3 Å². The molecule has 1 amide bonds. The maximum Gasteiger partial charge on any atom is 0.311 e.